The number of hydrogen-bond donors (Lipinski definition) is 1. The van der Waals surface area contributed by atoms with Gasteiger partial charge in [0.15, 0.2) is 5.82 Å². The highest BCUT2D eigenvalue weighted by atomic mass is 16.5. The van der Waals surface area contributed by atoms with Crippen molar-refractivity contribution in [2.24, 2.45) is 10.7 Å². The lowest BCUT2D eigenvalue weighted by atomic mass is 10.1. The second-order valence-corrected chi connectivity index (χ2v) is 6.50. The number of aryl methyl sites for hydroxylation is 1. The molecule has 2 N–H and O–H groups in total. The van der Waals surface area contributed by atoms with Crippen molar-refractivity contribution in [1.29, 1.82) is 0 Å². The van der Waals surface area contributed by atoms with E-state index in [2.05, 4.69) is 20.5 Å². The molecule has 8 heteroatoms. The number of carbonyl (C=O) groups excluding carboxylic acids is 1. The molecule has 0 saturated heterocycles. The monoisotopic (exact) mass is 376 g/mol. The van der Waals surface area contributed by atoms with Crippen molar-refractivity contribution < 1.29 is 9.53 Å². The average molecular weight is 376 g/mol. The van der Waals surface area contributed by atoms with E-state index in [0.717, 1.165) is 40.8 Å². The highest BCUT2D eigenvalue weighted by Gasteiger charge is 2.09. The van der Waals surface area contributed by atoms with E-state index in [1.54, 1.807) is 10.7 Å². The van der Waals surface area contributed by atoms with Gasteiger partial charge in [-0.15, -0.1) is 5.10 Å². The average Bonchev–Trinajstić information content (AvgIpc) is 3.33. The molecule has 4 rings (SSSR count). The van der Waals surface area contributed by atoms with E-state index in [1.807, 2.05) is 36.4 Å². The molecule has 3 aromatic rings. The van der Waals surface area contributed by atoms with E-state index < -0.39 is 0 Å². The van der Waals surface area contributed by atoms with Crippen LogP contribution >= 0.6 is 0 Å². The van der Waals surface area contributed by atoms with Crippen LogP contribution in [0, 0.1) is 0 Å². The van der Waals surface area contributed by atoms with Gasteiger partial charge in [-0.25, -0.2) is 9.67 Å². The Morgan fingerprint density at radius 2 is 1.93 bits per heavy atom. The molecule has 1 amide bonds. The maximum Gasteiger partial charge on any atom is 0.270 e. The number of fused-ring (bicyclic) bond motifs is 1. The van der Waals surface area contributed by atoms with Crippen molar-refractivity contribution in [3.63, 3.8) is 0 Å². The number of aromatic nitrogens is 4. The largest absolute Gasteiger partial charge is 0.494 e. The van der Waals surface area contributed by atoms with Crippen LogP contribution < -0.4 is 21.0 Å². The number of tetrazole rings is 1. The molecule has 2 aromatic carbocycles. The molecule has 28 heavy (non-hydrogen) atoms. The Kier molecular flexibility index (Phi) is 5.20. The van der Waals surface area contributed by atoms with Crippen LogP contribution in [0.15, 0.2) is 47.5 Å². The number of rotatable bonds is 8. The molecule has 2 heterocycles. The minimum Gasteiger partial charge on any atom is -0.494 e. The van der Waals surface area contributed by atoms with E-state index in [0.29, 0.717) is 25.1 Å². The number of hydrogen-bond acceptors (Lipinski definition) is 6. The summed E-state index contributed by atoms with van der Waals surface area (Å²) in [7, 11) is 0. The molecule has 0 radical (unpaired) electrons. The third-order valence-corrected chi connectivity index (χ3v) is 4.52. The van der Waals surface area contributed by atoms with Crippen molar-refractivity contribution in [2.75, 3.05) is 6.61 Å². The summed E-state index contributed by atoms with van der Waals surface area (Å²) in [5.74, 6) is 1.26. The van der Waals surface area contributed by atoms with Crippen molar-refractivity contribution >= 4 is 12.0 Å². The summed E-state index contributed by atoms with van der Waals surface area (Å²) in [6.07, 6.45) is 3.25. The Morgan fingerprint density at radius 3 is 2.75 bits per heavy atom. The fourth-order valence-electron chi connectivity index (χ4n) is 3.03. The minimum atomic E-state index is -0.220. The van der Waals surface area contributed by atoms with Crippen LogP contribution in [0.1, 0.15) is 18.4 Å². The van der Waals surface area contributed by atoms with Gasteiger partial charge in [0.1, 0.15) is 5.75 Å². The summed E-state index contributed by atoms with van der Waals surface area (Å²) in [5, 5.41) is 13.5. The summed E-state index contributed by atoms with van der Waals surface area (Å²) in [4.78, 5) is 15.2. The number of benzene rings is 2. The van der Waals surface area contributed by atoms with Gasteiger partial charge >= 0.3 is 0 Å². The standard InChI is InChI=1S/C20H20N6O2/c21-13-14-3-5-15(6-4-14)20-23-24-25-26(20)9-1-2-10-28-17-7-8-18-16(11-17)12-19(27)22-18/h3-8,11-12H,1-2,9-10,13,21H2. The fraction of sp³-hybridized carbons (Fsp3) is 0.250. The predicted octanol–water partition coefficient (Wildman–Crippen LogP) is 0.598. The molecule has 0 fully saturated rings. The van der Waals surface area contributed by atoms with E-state index in [-0.39, 0.29) is 5.91 Å². The second-order valence-electron chi connectivity index (χ2n) is 6.50. The predicted molar refractivity (Wildman–Crippen MR) is 103 cm³/mol. The summed E-state index contributed by atoms with van der Waals surface area (Å²) in [6, 6.07) is 13.4. The van der Waals surface area contributed by atoms with Gasteiger partial charge in [0.2, 0.25) is 0 Å². The molecule has 1 aliphatic heterocycles. The van der Waals surface area contributed by atoms with Crippen molar-refractivity contribution in [1.82, 2.24) is 20.2 Å². The fourth-order valence-corrected chi connectivity index (χ4v) is 3.03. The number of carbonyl (C=O) groups is 1. The lowest BCUT2D eigenvalue weighted by Crippen LogP contribution is -2.20. The Bertz CT molecular complexity index is 1100. The first-order valence-electron chi connectivity index (χ1n) is 9.16. The van der Waals surface area contributed by atoms with Gasteiger partial charge in [0.25, 0.3) is 5.91 Å². The Hall–Kier alpha value is -3.39. The molecule has 1 aliphatic rings. The molecule has 142 valence electrons. The highest BCUT2D eigenvalue weighted by Crippen LogP contribution is 2.17. The van der Waals surface area contributed by atoms with Crippen LogP contribution in [-0.4, -0.2) is 32.7 Å². The molecule has 0 bridgehead atoms. The van der Waals surface area contributed by atoms with E-state index in [1.165, 1.54) is 6.08 Å². The van der Waals surface area contributed by atoms with E-state index in [9.17, 15) is 4.79 Å². The first-order valence-corrected chi connectivity index (χ1v) is 9.16. The molecule has 0 unspecified atom stereocenters. The quantitative estimate of drug-likeness (QED) is 0.577. The number of unbranched alkanes of at least 4 members (excludes halogenated alkanes) is 1. The van der Waals surface area contributed by atoms with Gasteiger partial charge < -0.3 is 10.5 Å². The zero-order valence-electron chi connectivity index (χ0n) is 15.3. The SMILES string of the molecule is NCc1ccc(-c2nnnn2CCCCOc2ccc3c(c2)=CC(=O)N=3)cc1. The van der Waals surface area contributed by atoms with Crippen LogP contribution in [-0.2, 0) is 17.9 Å². The first-order chi connectivity index (χ1) is 13.7. The Labute approximate surface area is 161 Å². The van der Waals surface area contributed by atoms with Crippen LogP contribution in [0.5, 0.6) is 5.75 Å². The van der Waals surface area contributed by atoms with Gasteiger partial charge in [-0.2, -0.15) is 0 Å². The Morgan fingerprint density at radius 1 is 1.07 bits per heavy atom. The van der Waals surface area contributed by atoms with Gasteiger partial charge in [0, 0.05) is 29.9 Å². The number of ether oxygens (including phenoxy) is 1. The molecule has 1 aromatic heterocycles. The van der Waals surface area contributed by atoms with Crippen molar-refractivity contribution in [3.05, 3.63) is 58.6 Å². The third kappa shape index (κ3) is 3.96. The van der Waals surface area contributed by atoms with Crippen LogP contribution in [0.25, 0.3) is 17.5 Å². The summed E-state index contributed by atoms with van der Waals surface area (Å²) >= 11 is 0. The number of nitrogens with zero attached hydrogens (tertiary/aromatic N) is 5. The van der Waals surface area contributed by atoms with E-state index in [4.69, 9.17) is 10.5 Å². The third-order valence-electron chi connectivity index (χ3n) is 4.52. The molecule has 8 nitrogen and oxygen atoms in total. The molecule has 0 spiro atoms. The van der Waals surface area contributed by atoms with Crippen molar-refractivity contribution in [3.8, 4) is 17.1 Å². The minimum absolute atomic E-state index is 0.220. The molecular formula is C20H20N6O2. The molecule has 0 aliphatic carbocycles. The number of amides is 1. The molecule has 0 atom stereocenters. The van der Waals surface area contributed by atoms with E-state index >= 15 is 0 Å². The zero-order chi connectivity index (χ0) is 19.3. The normalized spacial score (nSPS) is 12.4. The highest BCUT2D eigenvalue weighted by molar-refractivity contribution is 6.06. The van der Waals surface area contributed by atoms with Gasteiger partial charge in [0.05, 0.1) is 12.0 Å². The van der Waals surface area contributed by atoms with Crippen LogP contribution in [0.4, 0.5) is 0 Å². The second kappa shape index (κ2) is 8.10. The van der Waals surface area contributed by atoms with Crippen LogP contribution in [0.2, 0.25) is 0 Å². The van der Waals surface area contributed by atoms with Gasteiger partial charge in [-0.1, -0.05) is 24.3 Å². The zero-order valence-corrected chi connectivity index (χ0v) is 15.3. The maximum atomic E-state index is 11.3. The number of nitrogens with two attached hydrogens (primary N) is 1. The summed E-state index contributed by atoms with van der Waals surface area (Å²) in [6.45, 7) is 1.79. The maximum absolute atomic E-state index is 11.3. The van der Waals surface area contributed by atoms with Crippen LogP contribution in [0.3, 0.4) is 0 Å². The molecular weight excluding hydrogens is 356 g/mol. The van der Waals surface area contributed by atoms with Crippen molar-refractivity contribution in [2.45, 2.75) is 25.9 Å². The van der Waals surface area contributed by atoms with Gasteiger partial charge in [-0.3, -0.25) is 4.79 Å². The topological polar surface area (TPSA) is 108 Å². The summed E-state index contributed by atoms with van der Waals surface area (Å²) in [5.41, 5.74) is 7.68. The smallest absolute Gasteiger partial charge is 0.270 e. The lowest BCUT2D eigenvalue weighted by Gasteiger charge is -2.07. The lowest BCUT2D eigenvalue weighted by molar-refractivity contribution is -0.112. The van der Waals surface area contributed by atoms with Gasteiger partial charge in [-0.05, 0) is 47.0 Å². The molecule has 0 saturated carbocycles. The summed E-state index contributed by atoms with van der Waals surface area (Å²) < 4.78 is 7.58. The first kappa shape index (κ1) is 18.0. The Balaban J connectivity index is 1.29.